The molecule has 0 heterocycles. The Morgan fingerprint density at radius 3 is 2.39 bits per heavy atom. The number of hydrogen-bond donors (Lipinski definition) is 2. The van der Waals surface area contributed by atoms with E-state index in [0.717, 1.165) is 12.0 Å². The Morgan fingerprint density at radius 2 is 1.87 bits per heavy atom. The van der Waals surface area contributed by atoms with E-state index in [1.54, 1.807) is 0 Å². The minimum Gasteiger partial charge on any atom is -0.310 e. The minimum atomic E-state index is -3.89. The van der Waals surface area contributed by atoms with E-state index in [2.05, 4.69) is 38.2 Å². The molecule has 0 aromatic heterocycles. The predicted octanol–water partition coefficient (Wildman–Crippen LogP) is 3.72. The summed E-state index contributed by atoms with van der Waals surface area (Å²) in [5.41, 5.74) is 1.23. The van der Waals surface area contributed by atoms with Gasteiger partial charge >= 0.3 is 0 Å². The Morgan fingerprint density at radius 1 is 1.26 bits per heavy atom. The maximum atomic E-state index is 10.8. The van der Waals surface area contributed by atoms with E-state index in [4.69, 9.17) is 16.2 Å². The Balaban J connectivity index is 2.65. The number of nitrogens with one attached hydrogen (secondary N) is 1. The van der Waals surface area contributed by atoms with Gasteiger partial charge in [-0.1, -0.05) is 56.7 Å². The van der Waals surface area contributed by atoms with Gasteiger partial charge in [-0.15, -0.1) is 0 Å². The molecule has 0 aliphatic carbocycles. The van der Waals surface area contributed by atoms with E-state index in [-0.39, 0.29) is 17.2 Å². The third-order valence-electron chi connectivity index (χ3n) is 3.18. The van der Waals surface area contributed by atoms with Crippen LogP contribution in [0.1, 0.15) is 32.8 Å². The van der Waals surface area contributed by atoms with Crippen molar-refractivity contribution in [2.75, 3.05) is 12.3 Å². The van der Waals surface area contributed by atoms with Crippen molar-refractivity contribution in [2.45, 2.75) is 39.7 Å². The predicted molar refractivity (Wildman–Crippen MR) is 96.6 cm³/mol. The average Bonchev–Trinajstić information content (AvgIpc) is 2.41. The zero-order valence-corrected chi connectivity index (χ0v) is 15.5. The van der Waals surface area contributed by atoms with Crippen molar-refractivity contribution in [3.05, 3.63) is 47.0 Å². The van der Waals surface area contributed by atoms with Crippen LogP contribution in [0.5, 0.6) is 0 Å². The van der Waals surface area contributed by atoms with Crippen LogP contribution in [0.2, 0.25) is 5.02 Å². The molecule has 0 fully saturated rings. The molecule has 4 nitrogen and oxygen atoms in total. The SMILES string of the molecule is CC(C)(C)C=C[C@H](Cc1ccc(Cl)cc1)NCCCS(=O)(=O)O. The molecule has 0 saturated heterocycles. The van der Waals surface area contributed by atoms with Gasteiger partial charge < -0.3 is 5.32 Å². The van der Waals surface area contributed by atoms with Crippen LogP contribution in [0.3, 0.4) is 0 Å². The highest BCUT2D eigenvalue weighted by atomic mass is 35.5. The fraction of sp³-hybridized carbons (Fsp3) is 0.529. The van der Waals surface area contributed by atoms with Gasteiger partial charge in [-0.2, -0.15) is 8.42 Å². The normalized spacial score (nSPS) is 14.3. The van der Waals surface area contributed by atoms with Crippen molar-refractivity contribution >= 4 is 21.7 Å². The van der Waals surface area contributed by atoms with Gasteiger partial charge in [0.15, 0.2) is 0 Å². The van der Waals surface area contributed by atoms with Gasteiger partial charge in [-0.25, -0.2) is 0 Å². The fourth-order valence-corrected chi connectivity index (χ4v) is 2.66. The summed E-state index contributed by atoms with van der Waals surface area (Å²) in [4.78, 5) is 0. The standard InChI is InChI=1S/C17H26ClNO3S/c1-17(2,3)10-9-16(19-11-4-12-23(20,21)22)13-14-5-7-15(18)8-6-14/h5-10,16,19H,4,11-13H2,1-3H3,(H,20,21,22)/t16-/m1/s1. The quantitative estimate of drug-likeness (QED) is 0.421. The van der Waals surface area contributed by atoms with Crippen molar-refractivity contribution in [1.82, 2.24) is 5.32 Å². The molecule has 0 radical (unpaired) electrons. The molecule has 6 heteroatoms. The molecule has 0 aliphatic rings. The van der Waals surface area contributed by atoms with Gasteiger partial charge in [0.25, 0.3) is 10.1 Å². The molecule has 1 aromatic rings. The fourth-order valence-electron chi connectivity index (χ4n) is 2.03. The smallest absolute Gasteiger partial charge is 0.264 e. The summed E-state index contributed by atoms with van der Waals surface area (Å²) in [6.45, 7) is 6.90. The first-order chi connectivity index (χ1) is 10.6. The van der Waals surface area contributed by atoms with Gasteiger partial charge in [0, 0.05) is 11.1 Å². The monoisotopic (exact) mass is 359 g/mol. The van der Waals surface area contributed by atoms with Crippen LogP contribution < -0.4 is 5.32 Å². The number of rotatable bonds is 8. The molecule has 2 N–H and O–H groups in total. The topological polar surface area (TPSA) is 66.4 Å². The summed E-state index contributed by atoms with van der Waals surface area (Å²) >= 11 is 5.90. The average molecular weight is 360 g/mol. The van der Waals surface area contributed by atoms with Crippen LogP contribution in [0.4, 0.5) is 0 Å². The van der Waals surface area contributed by atoms with Crippen LogP contribution in [0.25, 0.3) is 0 Å². The zero-order chi connectivity index (χ0) is 17.5. The molecule has 1 atom stereocenters. The second-order valence-corrected chi connectivity index (χ2v) is 8.76. The van der Waals surface area contributed by atoms with E-state index >= 15 is 0 Å². The molecule has 130 valence electrons. The van der Waals surface area contributed by atoms with E-state index in [1.807, 2.05) is 24.3 Å². The number of halogens is 1. The lowest BCUT2D eigenvalue weighted by molar-refractivity contribution is 0.478. The molecule has 0 unspecified atom stereocenters. The molecule has 1 aromatic carbocycles. The molecule has 0 spiro atoms. The Kier molecular flexibility index (Phi) is 7.74. The van der Waals surface area contributed by atoms with E-state index in [0.29, 0.717) is 18.0 Å². The molecular weight excluding hydrogens is 334 g/mol. The van der Waals surface area contributed by atoms with Crippen molar-refractivity contribution < 1.29 is 13.0 Å². The van der Waals surface area contributed by atoms with Gasteiger partial charge in [-0.3, -0.25) is 4.55 Å². The molecule has 0 aliphatic heterocycles. The van der Waals surface area contributed by atoms with Gasteiger partial charge in [-0.05, 0) is 42.5 Å². The summed E-state index contributed by atoms with van der Waals surface area (Å²) in [6, 6.07) is 7.79. The summed E-state index contributed by atoms with van der Waals surface area (Å²) < 4.78 is 30.3. The van der Waals surface area contributed by atoms with Crippen LogP contribution in [-0.4, -0.2) is 31.3 Å². The van der Waals surface area contributed by atoms with Crippen LogP contribution >= 0.6 is 11.6 Å². The third-order valence-corrected chi connectivity index (χ3v) is 4.24. The van der Waals surface area contributed by atoms with Gasteiger partial charge in [0.05, 0.1) is 5.75 Å². The summed E-state index contributed by atoms with van der Waals surface area (Å²) in [5.74, 6) is -0.226. The minimum absolute atomic E-state index is 0.0777. The van der Waals surface area contributed by atoms with Crippen LogP contribution in [-0.2, 0) is 16.5 Å². The first-order valence-corrected chi connectivity index (χ1v) is 9.66. The molecule has 23 heavy (non-hydrogen) atoms. The third kappa shape index (κ3) is 10.5. The first kappa shape index (κ1) is 20.2. The lowest BCUT2D eigenvalue weighted by Gasteiger charge is -2.18. The second-order valence-electron chi connectivity index (χ2n) is 6.76. The van der Waals surface area contributed by atoms with E-state index in [9.17, 15) is 8.42 Å². The maximum absolute atomic E-state index is 10.8. The van der Waals surface area contributed by atoms with Crippen LogP contribution in [0.15, 0.2) is 36.4 Å². The number of allylic oxidation sites excluding steroid dienone is 1. The summed E-state index contributed by atoms with van der Waals surface area (Å²) in [7, 11) is -3.89. The Hall–Kier alpha value is -0.880. The first-order valence-electron chi connectivity index (χ1n) is 7.67. The van der Waals surface area contributed by atoms with Crippen molar-refractivity contribution in [3.63, 3.8) is 0 Å². The van der Waals surface area contributed by atoms with E-state index < -0.39 is 10.1 Å². The van der Waals surface area contributed by atoms with Gasteiger partial charge in [0.2, 0.25) is 0 Å². The summed E-state index contributed by atoms with van der Waals surface area (Å²) in [6.07, 6.45) is 5.42. The highest BCUT2D eigenvalue weighted by Gasteiger charge is 2.10. The summed E-state index contributed by atoms with van der Waals surface area (Å²) in [5, 5.41) is 4.04. The highest BCUT2D eigenvalue weighted by molar-refractivity contribution is 7.85. The number of benzene rings is 1. The molecule has 0 amide bonds. The van der Waals surface area contributed by atoms with Gasteiger partial charge in [0.1, 0.15) is 0 Å². The number of hydrogen-bond acceptors (Lipinski definition) is 3. The Labute approximate surface area is 144 Å². The lowest BCUT2D eigenvalue weighted by atomic mass is 9.94. The molecular formula is C17H26ClNO3S. The molecule has 1 rings (SSSR count). The zero-order valence-electron chi connectivity index (χ0n) is 13.9. The van der Waals surface area contributed by atoms with Crippen molar-refractivity contribution in [1.29, 1.82) is 0 Å². The maximum Gasteiger partial charge on any atom is 0.264 e. The second kappa shape index (κ2) is 8.83. The van der Waals surface area contributed by atoms with Crippen molar-refractivity contribution in [2.24, 2.45) is 5.41 Å². The molecule has 0 saturated carbocycles. The highest BCUT2D eigenvalue weighted by Crippen LogP contribution is 2.16. The Bertz CT molecular complexity index is 604. The molecule has 0 bridgehead atoms. The van der Waals surface area contributed by atoms with Crippen molar-refractivity contribution in [3.8, 4) is 0 Å². The van der Waals surface area contributed by atoms with Crippen LogP contribution in [0, 0.1) is 5.41 Å². The lowest BCUT2D eigenvalue weighted by Crippen LogP contribution is -2.31. The van der Waals surface area contributed by atoms with E-state index in [1.165, 1.54) is 0 Å². The largest absolute Gasteiger partial charge is 0.310 e.